The van der Waals surface area contributed by atoms with Crippen LogP contribution >= 0.6 is 0 Å². The van der Waals surface area contributed by atoms with Gasteiger partial charge < -0.3 is 14.2 Å². The maximum absolute atomic E-state index is 12.7. The van der Waals surface area contributed by atoms with E-state index >= 15 is 0 Å². The highest BCUT2D eigenvalue weighted by molar-refractivity contribution is 5.71. The molecule has 0 N–H and O–H groups in total. The monoisotopic (exact) mass is 805 g/mol. The third kappa shape index (κ3) is 45.1. The average molecular weight is 805 g/mol. The van der Waals surface area contributed by atoms with Gasteiger partial charge in [-0.2, -0.15) is 0 Å². The van der Waals surface area contributed by atoms with E-state index in [1.165, 1.54) is 173 Å². The van der Waals surface area contributed by atoms with Gasteiger partial charge in [-0.25, -0.2) is 0 Å². The smallest absolute Gasteiger partial charge is 0.306 e. The molecule has 6 nitrogen and oxygen atoms in total. The number of carbonyl (C=O) groups is 3. The van der Waals surface area contributed by atoms with Crippen LogP contribution in [0.1, 0.15) is 278 Å². The van der Waals surface area contributed by atoms with E-state index in [0.29, 0.717) is 19.3 Å². The predicted octanol–water partition coefficient (Wildman–Crippen LogP) is 16.2. The first-order chi connectivity index (χ1) is 28.0. The Balaban J connectivity index is 4.32. The van der Waals surface area contributed by atoms with Crippen LogP contribution in [-0.4, -0.2) is 37.2 Å². The number of unbranched alkanes of at least 4 members (excludes halogenated alkanes) is 33. The summed E-state index contributed by atoms with van der Waals surface area (Å²) in [6, 6.07) is 0. The van der Waals surface area contributed by atoms with Crippen LogP contribution in [0.5, 0.6) is 0 Å². The molecule has 0 amide bonds. The summed E-state index contributed by atoms with van der Waals surface area (Å²) in [5.41, 5.74) is 0. The molecular weight excluding hydrogens is 709 g/mol. The summed E-state index contributed by atoms with van der Waals surface area (Å²) >= 11 is 0. The number of esters is 3. The summed E-state index contributed by atoms with van der Waals surface area (Å²) in [6.07, 6.45) is 50.4. The van der Waals surface area contributed by atoms with Crippen LogP contribution in [0.2, 0.25) is 0 Å². The minimum Gasteiger partial charge on any atom is -0.462 e. The molecule has 0 aliphatic heterocycles. The number of rotatable bonds is 46. The molecule has 0 saturated heterocycles. The predicted molar refractivity (Wildman–Crippen MR) is 243 cm³/mol. The van der Waals surface area contributed by atoms with Crippen LogP contribution in [0, 0.1) is 0 Å². The summed E-state index contributed by atoms with van der Waals surface area (Å²) in [7, 11) is 0. The second-order valence-corrected chi connectivity index (χ2v) is 17.1. The SMILES string of the molecule is CCCCCC/C=C/CCCCCCCC(=O)O[C@H](COC(=O)CCCCCCCCCCCCC)COC(=O)CCCCCCCCCCCCCCCCC. The van der Waals surface area contributed by atoms with Gasteiger partial charge in [-0.15, -0.1) is 0 Å². The van der Waals surface area contributed by atoms with E-state index in [1.807, 2.05) is 0 Å². The quantitative estimate of drug-likeness (QED) is 0.0264. The molecule has 0 aromatic heterocycles. The highest BCUT2D eigenvalue weighted by Gasteiger charge is 2.19. The number of ether oxygens (including phenoxy) is 3. The molecule has 0 aliphatic carbocycles. The molecule has 336 valence electrons. The van der Waals surface area contributed by atoms with Gasteiger partial charge >= 0.3 is 17.9 Å². The van der Waals surface area contributed by atoms with Crippen molar-refractivity contribution in [2.75, 3.05) is 13.2 Å². The van der Waals surface area contributed by atoms with E-state index < -0.39 is 6.10 Å². The fourth-order valence-electron chi connectivity index (χ4n) is 7.44. The van der Waals surface area contributed by atoms with E-state index in [-0.39, 0.29) is 31.1 Å². The van der Waals surface area contributed by atoms with Crippen molar-refractivity contribution in [2.24, 2.45) is 0 Å². The number of hydrogen-bond donors (Lipinski definition) is 0. The van der Waals surface area contributed by atoms with Crippen molar-refractivity contribution in [3.63, 3.8) is 0 Å². The summed E-state index contributed by atoms with van der Waals surface area (Å²) in [5.74, 6) is -0.863. The molecule has 0 heterocycles. The second kappa shape index (κ2) is 46.8. The molecule has 6 heteroatoms. The summed E-state index contributed by atoms with van der Waals surface area (Å²) in [4.78, 5) is 37.8. The fourth-order valence-corrected chi connectivity index (χ4v) is 7.44. The van der Waals surface area contributed by atoms with Crippen LogP contribution in [0.4, 0.5) is 0 Å². The molecule has 57 heavy (non-hydrogen) atoms. The van der Waals surface area contributed by atoms with E-state index in [0.717, 1.165) is 64.2 Å². The lowest BCUT2D eigenvalue weighted by molar-refractivity contribution is -0.167. The minimum atomic E-state index is -0.766. The first-order valence-corrected chi connectivity index (χ1v) is 25.2. The van der Waals surface area contributed by atoms with Crippen molar-refractivity contribution < 1.29 is 28.6 Å². The maximum atomic E-state index is 12.7. The third-order valence-electron chi connectivity index (χ3n) is 11.3. The Morgan fingerprint density at radius 3 is 0.895 bits per heavy atom. The molecule has 0 aromatic carbocycles. The van der Waals surface area contributed by atoms with E-state index in [9.17, 15) is 14.4 Å². The fraction of sp³-hybridized carbons (Fsp3) is 0.902. The second-order valence-electron chi connectivity index (χ2n) is 17.1. The average Bonchev–Trinajstić information content (AvgIpc) is 3.21. The zero-order valence-corrected chi connectivity index (χ0v) is 38.4. The first kappa shape index (κ1) is 55.2. The van der Waals surface area contributed by atoms with Gasteiger partial charge in [0.25, 0.3) is 0 Å². The van der Waals surface area contributed by atoms with Gasteiger partial charge in [0, 0.05) is 19.3 Å². The highest BCUT2D eigenvalue weighted by atomic mass is 16.6. The Morgan fingerprint density at radius 1 is 0.333 bits per heavy atom. The Bertz CT molecular complexity index is 885. The molecule has 0 aromatic rings. The number of hydrogen-bond acceptors (Lipinski definition) is 6. The lowest BCUT2D eigenvalue weighted by Crippen LogP contribution is -2.30. The van der Waals surface area contributed by atoms with Crippen LogP contribution in [0.15, 0.2) is 12.2 Å². The van der Waals surface area contributed by atoms with Crippen molar-refractivity contribution in [3.8, 4) is 0 Å². The van der Waals surface area contributed by atoms with E-state index in [4.69, 9.17) is 14.2 Å². The van der Waals surface area contributed by atoms with Crippen molar-refractivity contribution in [1.82, 2.24) is 0 Å². The Hall–Kier alpha value is -1.85. The van der Waals surface area contributed by atoms with Crippen LogP contribution in [0.3, 0.4) is 0 Å². The van der Waals surface area contributed by atoms with Gasteiger partial charge in [-0.3, -0.25) is 14.4 Å². The molecule has 0 aliphatic rings. The van der Waals surface area contributed by atoms with Crippen molar-refractivity contribution in [1.29, 1.82) is 0 Å². The van der Waals surface area contributed by atoms with Gasteiger partial charge in [-0.1, -0.05) is 226 Å². The van der Waals surface area contributed by atoms with Crippen LogP contribution < -0.4 is 0 Å². The van der Waals surface area contributed by atoms with Gasteiger partial charge in [0.2, 0.25) is 0 Å². The van der Waals surface area contributed by atoms with Gasteiger partial charge in [0.05, 0.1) is 0 Å². The maximum Gasteiger partial charge on any atom is 0.306 e. The summed E-state index contributed by atoms with van der Waals surface area (Å²) in [6.45, 7) is 6.64. The Morgan fingerprint density at radius 2 is 0.579 bits per heavy atom. The molecule has 0 fully saturated rings. The zero-order valence-electron chi connectivity index (χ0n) is 38.4. The Kier molecular flexibility index (Phi) is 45.3. The number of carbonyl (C=O) groups excluding carboxylic acids is 3. The molecule has 0 radical (unpaired) electrons. The zero-order chi connectivity index (χ0) is 41.5. The van der Waals surface area contributed by atoms with Crippen LogP contribution in [-0.2, 0) is 28.6 Å². The van der Waals surface area contributed by atoms with Crippen molar-refractivity contribution in [3.05, 3.63) is 12.2 Å². The summed E-state index contributed by atoms with van der Waals surface area (Å²) < 4.78 is 16.8. The minimum absolute atomic E-state index is 0.0683. The van der Waals surface area contributed by atoms with Crippen molar-refractivity contribution in [2.45, 2.75) is 284 Å². The lowest BCUT2D eigenvalue weighted by atomic mass is 10.0. The summed E-state index contributed by atoms with van der Waals surface area (Å²) in [5, 5.41) is 0. The third-order valence-corrected chi connectivity index (χ3v) is 11.3. The van der Waals surface area contributed by atoms with Crippen molar-refractivity contribution >= 4 is 17.9 Å². The van der Waals surface area contributed by atoms with Gasteiger partial charge in [0.15, 0.2) is 6.10 Å². The van der Waals surface area contributed by atoms with Gasteiger partial charge in [-0.05, 0) is 44.9 Å². The topological polar surface area (TPSA) is 78.9 Å². The first-order valence-electron chi connectivity index (χ1n) is 25.2. The standard InChI is InChI=1S/C51H96O6/c1-4-7-10-13-16-19-22-24-25-27-29-32-35-38-41-44-50(53)56-47-48(46-55-49(52)43-40-37-34-31-28-21-18-15-12-9-6-3)57-51(54)45-42-39-36-33-30-26-23-20-17-14-11-8-5-2/h20,23,48H,4-19,21-22,24-47H2,1-3H3/b23-20+/t48-/m1/s1. The normalized spacial score (nSPS) is 12.0. The molecule has 0 bridgehead atoms. The van der Waals surface area contributed by atoms with Crippen LogP contribution in [0.25, 0.3) is 0 Å². The number of allylic oxidation sites excluding steroid dienone is 2. The molecule has 0 unspecified atom stereocenters. The highest BCUT2D eigenvalue weighted by Crippen LogP contribution is 2.16. The Labute approximate surface area is 354 Å². The van der Waals surface area contributed by atoms with Gasteiger partial charge in [0.1, 0.15) is 13.2 Å². The molecule has 1 atom stereocenters. The lowest BCUT2D eigenvalue weighted by Gasteiger charge is -2.18. The van der Waals surface area contributed by atoms with E-state index in [1.54, 1.807) is 0 Å². The molecular formula is C51H96O6. The van der Waals surface area contributed by atoms with E-state index in [2.05, 4.69) is 32.9 Å². The molecule has 0 spiro atoms. The largest absolute Gasteiger partial charge is 0.462 e. The molecule has 0 saturated carbocycles. The molecule has 0 rings (SSSR count).